The molecule has 0 unspecified atom stereocenters. The number of benzene rings is 2. The fraction of sp³-hybridized carbons (Fsp3) is 0.440. The van der Waals surface area contributed by atoms with Crippen LogP contribution < -0.4 is 0 Å². The summed E-state index contributed by atoms with van der Waals surface area (Å²) in [6.45, 7) is 6.32. The molecule has 9 heteroatoms. The van der Waals surface area contributed by atoms with Gasteiger partial charge in [-0.05, 0) is 41.8 Å². The van der Waals surface area contributed by atoms with Gasteiger partial charge in [0.05, 0.1) is 29.9 Å². The van der Waals surface area contributed by atoms with E-state index in [1.54, 1.807) is 12.1 Å². The normalized spacial score (nSPS) is 23.3. The minimum Gasteiger partial charge on any atom is -0.457 e. The number of morpholine rings is 1. The van der Waals surface area contributed by atoms with Crippen LogP contribution in [0.2, 0.25) is 0 Å². The lowest BCUT2D eigenvalue weighted by molar-refractivity contribution is -0.0938. The van der Waals surface area contributed by atoms with Gasteiger partial charge in [-0.3, -0.25) is 9.80 Å². The third-order valence-electron chi connectivity index (χ3n) is 7.06. The standard InChI is InChI=1S/C25H26FN3O4.ClH/c1-15-19(4-5-20-21(15)14-33-25(20)31)23(30)11-28-6-7-29-12-24(32-13-18(29)10-28)16-2-3-17(9-27)22(26)8-16;/h2-5,8,18,23-24,30H,6-7,10-14H2,1H3;1H/t18-,23-,24+;/m1./s1. The summed E-state index contributed by atoms with van der Waals surface area (Å²) in [5, 5.41) is 19.9. The Morgan fingerprint density at radius 2 is 2.09 bits per heavy atom. The van der Waals surface area contributed by atoms with E-state index in [-0.39, 0.29) is 42.7 Å². The number of rotatable bonds is 4. The molecular formula is C25H27ClFN3O4. The molecule has 180 valence electrons. The smallest absolute Gasteiger partial charge is 0.338 e. The third-order valence-corrected chi connectivity index (χ3v) is 7.06. The molecule has 0 bridgehead atoms. The number of halogens is 2. The fourth-order valence-corrected chi connectivity index (χ4v) is 5.11. The van der Waals surface area contributed by atoms with Crippen LogP contribution >= 0.6 is 12.4 Å². The van der Waals surface area contributed by atoms with Crippen molar-refractivity contribution in [3.05, 3.63) is 69.5 Å². The number of fused-ring (bicyclic) bond motifs is 2. The van der Waals surface area contributed by atoms with Gasteiger partial charge in [-0.15, -0.1) is 12.4 Å². The molecule has 34 heavy (non-hydrogen) atoms. The highest BCUT2D eigenvalue weighted by Gasteiger charge is 2.35. The second kappa shape index (κ2) is 9.98. The molecule has 0 amide bonds. The van der Waals surface area contributed by atoms with Crippen LogP contribution in [0.5, 0.6) is 0 Å². The Kier molecular flexibility index (Phi) is 7.22. The second-order valence-electron chi connectivity index (χ2n) is 8.98. The van der Waals surface area contributed by atoms with E-state index in [1.165, 1.54) is 12.1 Å². The largest absolute Gasteiger partial charge is 0.457 e. The molecule has 0 aliphatic carbocycles. The van der Waals surface area contributed by atoms with Gasteiger partial charge in [0, 0.05) is 44.3 Å². The fourth-order valence-electron chi connectivity index (χ4n) is 5.11. The average molecular weight is 488 g/mol. The highest BCUT2D eigenvalue weighted by atomic mass is 35.5. The molecule has 3 heterocycles. The number of ether oxygens (including phenoxy) is 2. The first-order chi connectivity index (χ1) is 15.9. The number of cyclic esters (lactones) is 1. The second-order valence-corrected chi connectivity index (χ2v) is 8.98. The van der Waals surface area contributed by atoms with E-state index in [2.05, 4.69) is 9.80 Å². The average Bonchev–Trinajstić information content (AvgIpc) is 3.20. The Labute approximate surface area is 204 Å². The first-order valence-electron chi connectivity index (χ1n) is 11.2. The van der Waals surface area contributed by atoms with Crippen molar-refractivity contribution >= 4 is 18.4 Å². The van der Waals surface area contributed by atoms with Crippen molar-refractivity contribution < 1.29 is 23.8 Å². The molecule has 3 atom stereocenters. The molecule has 3 aliphatic rings. The van der Waals surface area contributed by atoms with Crippen molar-refractivity contribution in [3.8, 4) is 6.07 Å². The van der Waals surface area contributed by atoms with Crippen molar-refractivity contribution in [2.24, 2.45) is 0 Å². The van der Waals surface area contributed by atoms with E-state index < -0.39 is 11.9 Å². The topological polar surface area (TPSA) is 86.0 Å². The van der Waals surface area contributed by atoms with Crippen LogP contribution in [0.3, 0.4) is 0 Å². The number of β-amino-alcohol motifs (C(OH)–C–C–N with tert-alkyl or cyclic N) is 1. The number of esters is 1. The number of aliphatic hydroxyl groups excluding tert-OH is 1. The molecular weight excluding hydrogens is 461 g/mol. The highest BCUT2D eigenvalue weighted by molar-refractivity contribution is 5.93. The zero-order chi connectivity index (χ0) is 23.1. The minimum absolute atomic E-state index is 0. The maximum atomic E-state index is 14.0. The summed E-state index contributed by atoms with van der Waals surface area (Å²) in [6.07, 6.45) is -0.879. The summed E-state index contributed by atoms with van der Waals surface area (Å²) < 4.78 is 25.2. The molecule has 0 spiro atoms. The lowest BCUT2D eigenvalue weighted by atomic mass is 9.95. The Balaban J connectivity index is 0.00000274. The monoisotopic (exact) mass is 487 g/mol. The van der Waals surface area contributed by atoms with Crippen molar-refractivity contribution in [2.45, 2.75) is 31.8 Å². The number of piperazine rings is 1. The van der Waals surface area contributed by atoms with Gasteiger partial charge in [-0.2, -0.15) is 5.26 Å². The lowest BCUT2D eigenvalue weighted by Crippen LogP contribution is -2.58. The summed E-state index contributed by atoms with van der Waals surface area (Å²) in [5.74, 6) is -0.818. The Morgan fingerprint density at radius 1 is 1.26 bits per heavy atom. The lowest BCUT2D eigenvalue weighted by Gasteiger charge is -2.46. The quantitative estimate of drug-likeness (QED) is 0.663. The van der Waals surface area contributed by atoms with E-state index >= 15 is 0 Å². The summed E-state index contributed by atoms with van der Waals surface area (Å²) >= 11 is 0. The van der Waals surface area contributed by atoms with Gasteiger partial charge < -0.3 is 14.6 Å². The molecule has 2 fully saturated rings. The SMILES string of the molecule is Cc1c([C@H](O)CN2CCN3C[C@@H](c4ccc(C#N)c(F)c4)OC[C@H]3C2)ccc2c1COC2=O.Cl. The van der Waals surface area contributed by atoms with E-state index in [9.17, 15) is 14.3 Å². The molecule has 1 N–H and O–H groups in total. The van der Waals surface area contributed by atoms with Gasteiger partial charge in [-0.1, -0.05) is 12.1 Å². The van der Waals surface area contributed by atoms with Crippen LogP contribution in [0.1, 0.15) is 50.4 Å². The Morgan fingerprint density at radius 3 is 2.85 bits per heavy atom. The van der Waals surface area contributed by atoms with Gasteiger partial charge >= 0.3 is 5.97 Å². The molecule has 5 rings (SSSR count). The maximum absolute atomic E-state index is 14.0. The number of hydrogen-bond donors (Lipinski definition) is 1. The highest BCUT2D eigenvalue weighted by Crippen LogP contribution is 2.31. The van der Waals surface area contributed by atoms with Crippen LogP contribution in [0.15, 0.2) is 30.3 Å². The van der Waals surface area contributed by atoms with Crippen molar-refractivity contribution in [2.75, 3.05) is 39.3 Å². The summed E-state index contributed by atoms with van der Waals surface area (Å²) in [4.78, 5) is 16.4. The number of hydrogen-bond acceptors (Lipinski definition) is 7. The van der Waals surface area contributed by atoms with Gasteiger partial charge in [-0.25, -0.2) is 9.18 Å². The number of carbonyl (C=O) groups is 1. The molecule has 0 saturated carbocycles. The summed E-state index contributed by atoms with van der Waals surface area (Å²) in [6, 6.07) is 10.3. The van der Waals surface area contributed by atoms with Gasteiger partial charge in [0.1, 0.15) is 18.5 Å². The number of nitrogens with zero attached hydrogens (tertiary/aromatic N) is 3. The van der Waals surface area contributed by atoms with Crippen LogP contribution in [0.25, 0.3) is 0 Å². The molecule has 0 radical (unpaired) electrons. The van der Waals surface area contributed by atoms with Crippen LogP contribution in [0, 0.1) is 24.1 Å². The van der Waals surface area contributed by atoms with Crippen molar-refractivity contribution in [1.82, 2.24) is 9.80 Å². The van der Waals surface area contributed by atoms with Crippen molar-refractivity contribution in [3.63, 3.8) is 0 Å². The molecule has 2 aromatic carbocycles. The predicted octanol–water partition coefficient (Wildman–Crippen LogP) is 2.89. The van der Waals surface area contributed by atoms with Gasteiger partial charge in [0.2, 0.25) is 0 Å². The first kappa shape index (κ1) is 24.6. The molecule has 7 nitrogen and oxygen atoms in total. The number of nitriles is 1. The predicted molar refractivity (Wildman–Crippen MR) is 124 cm³/mol. The Bertz CT molecular complexity index is 1140. The number of aliphatic hydroxyl groups is 1. The van der Waals surface area contributed by atoms with E-state index in [1.807, 2.05) is 19.1 Å². The van der Waals surface area contributed by atoms with Crippen LogP contribution in [0.4, 0.5) is 4.39 Å². The van der Waals surface area contributed by atoms with Gasteiger partial charge in [0.15, 0.2) is 0 Å². The first-order valence-corrected chi connectivity index (χ1v) is 11.2. The number of carbonyl (C=O) groups excluding carboxylic acids is 1. The summed E-state index contributed by atoms with van der Waals surface area (Å²) in [7, 11) is 0. The van der Waals surface area contributed by atoms with Crippen LogP contribution in [-0.4, -0.2) is 66.2 Å². The van der Waals surface area contributed by atoms with Gasteiger partial charge in [0.25, 0.3) is 0 Å². The summed E-state index contributed by atoms with van der Waals surface area (Å²) in [5.41, 5.74) is 4.00. The third kappa shape index (κ3) is 4.54. The Hall–Kier alpha value is -2.54. The maximum Gasteiger partial charge on any atom is 0.338 e. The molecule has 3 aliphatic heterocycles. The van der Waals surface area contributed by atoms with E-state index in [4.69, 9.17) is 14.7 Å². The van der Waals surface area contributed by atoms with Crippen molar-refractivity contribution in [1.29, 1.82) is 5.26 Å². The van der Waals surface area contributed by atoms with Crippen LogP contribution in [-0.2, 0) is 16.1 Å². The van der Waals surface area contributed by atoms with E-state index in [0.717, 1.165) is 41.9 Å². The zero-order valence-electron chi connectivity index (χ0n) is 18.9. The zero-order valence-corrected chi connectivity index (χ0v) is 19.7. The molecule has 0 aromatic heterocycles. The van der Waals surface area contributed by atoms with E-state index in [0.29, 0.717) is 25.3 Å². The molecule has 2 aromatic rings. The molecule has 2 saturated heterocycles. The minimum atomic E-state index is -0.656.